The third kappa shape index (κ3) is 1.11. The summed E-state index contributed by atoms with van der Waals surface area (Å²) in [5, 5.41) is 7.83. The molecule has 1 aromatic heterocycles. The molecule has 0 fully saturated rings. The first-order valence-electron chi connectivity index (χ1n) is 4.94. The lowest BCUT2D eigenvalue weighted by Gasteiger charge is -2.19. The number of benzene rings is 1. The van der Waals surface area contributed by atoms with E-state index in [1.807, 2.05) is 11.6 Å². The second-order valence-corrected chi connectivity index (χ2v) is 3.81. The fourth-order valence-electron chi connectivity index (χ4n) is 2.17. The number of rotatable bonds is 0. The van der Waals surface area contributed by atoms with Crippen molar-refractivity contribution in [2.75, 3.05) is 0 Å². The van der Waals surface area contributed by atoms with Gasteiger partial charge in [-0.05, 0) is 30.5 Å². The normalized spacial score (nSPS) is 13.5. The SMILES string of the molecule is Cc1ccc(F)c2c1-c1cnnn1CC2. The largest absolute Gasteiger partial charge is 0.244 e. The van der Waals surface area contributed by atoms with Gasteiger partial charge in [-0.15, -0.1) is 5.10 Å². The summed E-state index contributed by atoms with van der Waals surface area (Å²) in [4.78, 5) is 0. The minimum absolute atomic E-state index is 0.122. The standard InChI is InChI=1S/C11H10FN3/c1-7-2-3-9(12)8-4-5-15-10(11(7)8)6-13-14-15/h2-3,6H,4-5H2,1H3. The molecule has 1 aliphatic rings. The second-order valence-electron chi connectivity index (χ2n) is 3.81. The number of hydrogen-bond acceptors (Lipinski definition) is 2. The van der Waals surface area contributed by atoms with Crippen LogP contribution in [-0.2, 0) is 13.0 Å². The highest BCUT2D eigenvalue weighted by Gasteiger charge is 2.21. The topological polar surface area (TPSA) is 30.7 Å². The van der Waals surface area contributed by atoms with E-state index in [9.17, 15) is 4.39 Å². The number of aryl methyl sites for hydroxylation is 2. The second kappa shape index (κ2) is 2.89. The molecule has 0 atom stereocenters. The van der Waals surface area contributed by atoms with Crippen LogP contribution in [0.25, 0.3) is 11.3 Å². The van der Waals surface area contributed by atoms with Crippen LogP contribution in [-0.4, -0.2) is 15.0 Å². The van der Waals surface area contributed by atoms with Gasteiger partial charge in [0.05, 0.1) is 11.9 Å². The zero-order valence-corrected chi connectivity index (χ0v) is 8.37. The molecule has 15 heavy (non-hydrogen) atoms. The molecular weight excluding hydrogens is 193 g/mol. The Morgan fingerprint density at radius 1 is 1.40 bits per heavy atom. The van der Waals surface area contributed by atoms with Gasteiger partial charge in [-0.2, -0.15) is 0 Å². The summed E-state index contributed by atoms with van der Waals surface area (Å²) in [7, 11) is 0. The Hall–Kier alpha value is -1.71. The van der Waals surface area contributed by atoms with E-state index in [1.54, 1.807) is 12.3 Å². The first-order chi connectivity index (χ1) is 7.27. The molecule has 3 rings (SSSR count). The molecule has 0 saturated heterocycles. The highest BCUT2D eigenvalue weighted by Crippen LogP contribution is 2.32. The monoisotopic (exact) mass is 203 g/mol. The fourth-order valence-corrected chi connectivity index (χ4v) is 2.17. The summed E-state index contributed by atoms with van der Waals surface area (Å²) in [6.07, 6.45) is 2.39. The van der Waals surface area contributed by atoms with Gasteiger partial charge in [-0.3, -0.25) is 0 Å². The van der Waals surface area contributed by atoms with Crippen molar-refractivity contribution in [1.29, 1.82) is 0 Å². The van der Waals surface area contributed by atoms with E-state index in [2.05, 4.69) is 10.3 Å². The van der Waals surface area contributed by atoms with E-state index < -0.39 is 0 Å². The van der Waals surface area contributed by atoms with Crippen molar-refractivity contribution < 1.29 is 4.39 Å². The van der Waals surface area contributed by atoms with Crippen LogP contribution in [0.1, 0.15) is 11.1 Å². The Kier molecular flexibility index (Phi) is 1.65. The summed E-state index contributed by atoms with van der Waals surface area (Å²) >= 11 is 0. The molecule has 3 nitrogen and oxygen atoms in total. The average molecular weight is 203 g/mol. The minimum Gasteiger partial charge on any atom is -0.244 e. The molecule has 0 aliphatic carbocycles. The zero-order chi connectivity index (χ0) is 10.4. The maximum absolute atomic E-state index is 13.6. The number of nitrogens with zero attached hydrogens (tertiary/aromatic N) is 3. The van der Waals surface area contributed by atoms with E-state index in [1.165, 1.54) is 6.07 Å². The molecule has 0 bridgehead atoms. The van der Waals surface area contributed by atoms with Gasteiger partial charge in [0.1, 0.15) is 5.82 Å². The quantitative estimate of drug-likeness (QED) is 0.655. The van der Waals surface area contributed by atoms with Crippen molar-refractivity contribution in [3.63, 3.8) is 0 Å². The molecular formula is C11H10FN3. The van der Waals surface area contributed by atoms with Crippen LogP contribution in [0, 0.1) is 12.7 Å². The molecule has 0 saturated carbocycles. The molecule has 2 aromatic rings. The molecule has 0 amide bonds. The summed E-state index contributed by atoms with van der Waals surface area (Å²) in [5.41, 5.74) is 3.76. The minimum atomic E-state index is -0.122. The van der Waals surface area contributed by atoms with E-state index in [0.29, 0.717) is 13.0 Å². The van der Waals surface area contributed by atoms with E-state index in [-0.39, 0.29) is 5.82 Å². The highest BCUT2D eigenvalue weighted by molar-refractivity contribution is 5.68. The molecule has 76 valence electrons. The molecule has 2 heterocycles. The molecule has 0 unspecified atom stereocenters. The number of fused-ring (bicyclic) bond motifs is 3. The van der Waals surface area contributed by atoms with Gasteiger partial charge in [0, 0.05) is 12.1 Å². The Labute approximate surface area is 86.5 Å². The first kappa shape index (κ1) is 8.59. The Bertz CT molecular complexity index is 531. The van der Waals surface area contributed by atoms with Crippen molar-refractivity contribution in [2.45, 2.75) is 19.9 Å². The van der Waals surface area contributed by atoms with Crippen LogP contribution in [0.4, 0.5) is 4.39 Å². The van der Waals surface area contributed by atoms with Crippen molar-refractivity contribution in [3.05, 3.63) is 35.3 Å². The van der Waals surface area contributed by atoms with Gasteiger partial charge >= 0.3 is 0 Å². The van der Waals surface area contributed by atoms with Crippen LogP contribution in [0.3, 0.4) is 0 Å². The van der Waals surface area contributed by atoms with Crippen molar-refractivity contribution in [1.82, 2.24) is 15.0 Å². The Morgan fingerprint density at radius 3 is 3.13 bits per heavy atom. The predicted molar refractivity (Wildman–Crippen MR) is 53.9 cm³/mol. The van der Waals surface area contributed by atoms with Gasteiger partial charge < -0.3 is 0 Å². The summed E-state index contributed by atoms with van der Waals surface area (Å²) in [6.45, 7) is 2.70. The number of aromatic nitrogens is 3. The Balaban J connectivity index is 2.36. The molecule has 4 heteroatoms. The van der Waals surface area contributed by atoms with E-state index in [0.717, 1.165) is 22.4 Å². The van der Waals surface area contributed by atoms with Gasteiger partial charge in [0.25, 0.3) is 0 Å². The van der Waals surface area contributed by atoms with Crippen LogP contribution < -0.4 is 0 Å². The number of hydrogen-bond donors (Lipinski definition) is 0. The molecule has 0 spiro atoms. The van der Waals surface area contributed by atoms with E-state index >= 15 is 0 Å². The molecule has 1 aliphatic heterocycles. The lowest BCUT2D eigenvalue weighted by atomic mass is 9.94. The third-order valence-corrected chi connectivity index (χ3v) is 2.91. The fraction of sp³-hybridized carbons (Fsp3) is 0.273. The lowest BCUT2D eigenvalue weighted by Crippen LogP contribution is -2.14. The number of halogens is 1. The maximum Gasteiger partial charge on any atom is 0.127 e. The van der Waals surface area contributed by atoms with Crippen LogP contribution in [0.5, 0.6) is 0 Å². The lowest BCUT2D eigenvalue weighted by molar-refractivity contribution is 0.550. The molecule has 1 aromatic carbocycles. The predicted octanol–water partition coefficient (Wildman–Crippen LogP) is 1.95. The van der Waals surface area contributed by atoms with Crippen LogP contribution >= 0.6 is 0 Å². The van der Waals surface area contributed by atoms with Crippen molar-refractivity contribution in [3.8, 4) is 11.3 Å². The smallest absolute Gasteiger partial charge is 0.127 e. The third-order valence-electron chi connectivity index (χ3n) is 2.91. The van der Waals surface area contributed by atoms with Gasteiger partial charge in [-0.25, -0.2) is 9.07 Å². The Morgan fingerprint density at radius 2 is 2.27 bits per heavy atom. The average Bonchev–Trinajstić information content (AvgIpc) is 2.70. The van der Waals surface area contributed by atoms with Crippen LogP contribution in [0.2, 0.25) is 0 Å². The van der Waals surface area contributed by atoms with Crippen molar-refractivity contribution >= 4 is 0 Å². The van der Waals surface area contributed by atoms with Gasteiger partial charge in [0.2, 0.25) is 0 Å². The molecule has 0 N–H and O–H groups in total. The zero-order valence-electron chi connectivity index (χ0n) is 8.37. The van der Waals surface area contributed by atoms with Gasteiger partial charge in [0.15, 0.2) is 0 Å². The van der Waals surface area contributed by atoms with E-state index in [4.69, 9.17) is 0 Å². The first-order valence-corrected chi connectivity index (χ1v) is 4.94. The van der Waals surface area contributed by atoms with Crippen LogP contribution in [0.15, 0.2) is 18.3 Å². The summed E-state index contributed by atoms with van der Waals surface area (Å²) in [5.74, 6) is -0.122. The van der Waals surface area contributed by atoms with Crippen molar-refractivity contribution in [2.24, 2.45) is 0 Å². The summed E-state index contributed by atoms with van der Waals surface area (Å²) < 4.78 is 15.4. The maximum atomic E-state index is 13.6. The van der Waals surface area contributed by atoms with Gasteiger partial charge in [-0.1, -0.05) is 11.3 Å². The summed E-state index contributed by atoms with van der Waals surface area (Å²) in [6, 6.07) is 3.34. The molecule has 0 radical (unpaired) electrons. The highest BCUT2D eigenvalue weighted by atomic mass is 19.1.